The Hall–Kier alpha value is -3.68. The van der Waals surface area contributed by atoms with Gasteiger partial charge in [0.2, 0.25) is 5.91 Å². The molecule has 0 atom stereocenters. The smallest absolute Gasteiger partial charge is 0.325 e. The number of hydrogen-bond acceptors (Lipinski definition) is 4. The van der Waals surface area contributed by atoms with Gasteiger partial charge in [0.25, 0.3) is 5.91 Å². The van der Waals surface area contributed by atoms with Gasteiger partial charge in [-0.15, -0.1) is 0 Å². The molecule has 2 saturated heterocycles. The molecule has 0 aliphatic carbocycles. The molecule has 8 heteroatoms. The Morgan fingerprint density at radius 3 is 2.36 bits per heavy atom. The minimum Gasteiger partial charge on any atom is -0.341 e. The summed E-state index contributed by atoms with van der Waals surface area (Å²) in [6, 6.07) is 15.7. The summed E-state index contributed by atoms with van der Waals surface area (Å²) >= 11 is 0. The summed E-state index contributed by atoms with van der Waals surface area (Å²) in [7, 11) is 0. The van der Waals surface area contributed by atoms with Gasteiger partial charge in [0.15, 0.2) is 0 Å². The number of fused-ring (bicyclic) bond motifs is 1. The van der Waals surface area contributed by atoms with Gasteiger partial charge >= 0.3 is 6.03 Å². The molecule has 33 heavy (non-hydrogen) atoms. The van der Waals surface area contributed by atoms with Crippen LogP contribution in [-0.2, 0) is 15.0 Å². The molecule has 4 amide bonds. The van der Waals surface area contributed by atoms with E-state index >= 15 is 0 Å². The maximum absolute atomic E-state index is 13.0. The monoisotopic (exact) mass is 445 g/mol. The fourth-order valence-corrected chi connectivity index (χ4v) is 4.95. The van der Waals surface area contributed by atoms with Crippen LogP contribution >= 0.6 is 0 Å². The molecule has 5 rings (SSSR count). The first-order valence-electron chi connectivity index (χ1n) is 11.2. The minimum atomic E-state index is -0.981. The number of imide groups is 1. The van der Waals surface area contributed by atoms with Crippen LogP contribution < -0.4 is 5.32 Å². The quantitative estimate of drug-likeness (QED) is 0.626. The van der Waals surface area contributed by atoms with E-state index in [9.17, 15) is 14.4 Å². The molecule has 1 aromatic carbocycles. The summed E-state index contributed by atoms with van der Waals surface area (Å²) in [5.74, 6) is -0.589. The second-order valence-electron chi connectivity index (χ2n) is 9.37. The van der Waals surface area contributed by atoms with Crippen molar-refractivity contribution in [3.63, 3.8) is 0 Å². The van der Waals surface area contributed by atoms with Gasteiger partial charge in [0.1, 0.15) is 17.7 Å². The Labute approximate surface area is 192 Å². The van der Waals surface area contributed by atoms with E-state index < -0.39 is 11.6 Å². The summed E-state index contributed by atoms with van der Waals surface area (Å²) in [6.07, 6.45) is 5.48. The summed E-state index contributed by atoms with van der Waals surface area (Å²) < 4.78 is 2.02. The predicted molar refractivity (Wildman–Crippen MR) is 123 cm³/mol. The van der Waals surface area contributed by atoms with Crippen molar-refractivity contribution in [2.24, 2.45) is 0 Å². The number of nitrogens with one attached hydrogen (secondary N) is 1. The Balaban J connectivity index is 1.38. The van der Waals surface area contributed by atoms with E-state index in [1.54, 1.807) is 18.7 Å². The molecule has 2 aromatic heterocycles. The molecule has 0 saturated carbocycles. The molecule has 4 heterocycles. The number of hydrogen-bond donors (Lipinski definition) is 1. The third kappa shape index (κ3) is 3.55. The normalized spacial score (nSPS) is 19.7. The second kappa shape index (κ2) is 7.72. The highest BCUT2D eigenvalue weighted by Crippen LogP contribution is 2.41. The van der Waals surface area contributed by atoms with Crippen LogP contribution in [0.2, 0.25) is 0 Å². The molecule has 2 aliphatic heterocycles. The molecule has 3 aromatic rings. The lowest BCUT2D eigenvalue weighted by molar-refractivity contribution is -0.139. The zero-order chi connectivity index (χ0) is 23.2. The first-order chi connectivity index (χ1) is 15.8. The first kappa shape index (κ1) is 21.2. The molecule has 2 fully saturated rings. The second-order valence-corrected chi connectivity index (χ2v) is 9.37. The SMILES string of the molecule is CC1(C)NC(=O)N(CC(=O)N2CCC(c3ccccc3)(c3cn4ccccc4n3)CC2)C1=O. The van der Waals surface area contributed by atoms with E-state index in [0.29, 0.717) is 25.9 Å². The summed E-state index contributed by atoms with van der Waals surface area (Å²) in [5, 5.41) is 2.63. The van der Waals surface area contributed by atoms with Gasteiger partial charge < -0.3 is 14.6 Å². The average Bonchev–Trinajstić information content (AvgIpc) is 3.34. The summed E-state index contributed by atoms with van der Waals surface area (Å²) in [5.41, 5.74) is 1.76. The number of pyridine rings is 1. The van der Waals surface area contributed by atoms with Crippen LogP contribution in [0.15, 0.2) is 60.9 Å². The highest BCUT2D eigenvalue weighted by Gasteiger charge is 2.46. The molecule has 8 nitrogen and oxygen atoms in total. The number of likely N-dealkylation sites (tertiary alicyclic amines) is 1. The van der Waals surface area contributed by atoms with Crippen LogP contribution in [0.4, 0.5) is 4.79 Å². The number of benzene rings is 1. The predicted octanol–water partition coefficient (Wildman–Crippen LogP) is 2.57. The van der Waals surface area contributed by atoms with Gasteiger partial charge in [-0.05, 0) is 44.4 Å². The summed E-state index contributed by atoms with van der Waals surface area (Å²) in [6.45, 7) is 4.09. The third-order valence-electron chi connectivity index (χ3n) is 6.89. The van der Waals surface area contributed by atoms with Crippen LogP contribution in [-0.4, -0.2) is 62.2 Å². The van der Waals surface area contributed by atoms with Crippen molar-refractivity contribution in [3.05, 3.63) is 72.2 Å². The molecular formula is C25H27N5O3. The van der Waals surface area contributed by atoms with E-state index in [2.05, 4.69) is 23.6 Å². The van der Waals surface area contributed by atoms with E-state index in [1.165, 1.54) is 5.56 Å². The van der Waals surface area contributed by atoms with Gasteiger partial charge in [0.05, 0.1) is 5.69 Å². The lowest BCUT2D eigenvalue weighted by atomic mass is 9.70. The number of urea groups is 1. The Bertz CT molecular complexity index is 1190. The van der Waals surface area contributed by atoms with Crippen molar-refractivity contribution in [1.82, 2.24) is 24.5 Å². The molecule has 0 bridgehead atoms. The van der Waals surface area contributed by atoms with E-state index in [-0.39, 0.29) is 23.8 Å². The highest BCUT2D eigenvalue weighted by atomic mass is 16.2. The molecule has 2 aliphatic rings. The van der Waals surface area contributed by atoms with Crippen LogP contribution in [0.25, 0.3) is 5.65 Å². The van der Waals surface area contributed by atoms with Gasteiger partial charge in [-0.2, -0.15) is 0 Å². The van der Waals surface area contributed by atoms with Gasteiger partial charge in [-0.3, -0.25) is 14.5 Å². The van der Waals surface area contributed by atoms with E-state index in [4.69, 9.17) is 4.98 Å². The Morgan fingerprint density at radius 2 is 1.73 bits per heavy atom. The van der Waals surface area contributed by atoms with Crippen molar-refractivity contribution >= 4 is 23.5 Å². The molecule has 0 unspecified atom stereocenters. The van der Waals surface area contributed by atoms with E-state index in [1.807, 2.05) is 47.0 Å². The largest absolute Gasteiger partial charge is 0.341 e. The maximum atomic E-state index is 13.0. The van der Waals surface area contributed by atoms with Crippen molar-refractivity contribution < 1.29 is 14.4 Å². The molecule has 170 valence electrons. The number of amides is 4. The standard InChI is InChI=1S/C25H27N5O3/c1-24(2)22(32)30(23(33)27-24)17-21(31)28-14-11-25(12-15-28,18-8-4-3-5-9-18)19-16-29-13-7-6-10-20(29)26-19/h3-10,13,16H,11-12,14-15,17H2,1-2H3,(H,27,33). The fraction of sp³-hybridized carbons (Fsp3) is 0.360. The van der Waals surface area contributed by atoms with Crippen LogP contribution in [0.3, 0.4) is 0 Å². The first-order valence-corrected chi connectivity index (χ1v) is 11.2. The zero-order valence-electron chi connectivity index (χ0n) is 18.8. The van der Waals surface area contributed by atoms with Crippen molar-refractivity contribution in [3.8, 4) is 0 Å². The number of aromatic nitrogens is 2. The molecule has 0 radical (unpaired) electrons. The number of imidazole rings is 1. The van der Waals surface area contributed by atoms with Crippen molar-refractivity contribution in [2.45, 2.75) is 37.6 Å². The number of nitrogens with zero attached hydrogens (tertiary/aromatic N) is 4. The van der Waals surface area contributed by atoms with Gasteiger partial charge in [-0.1, -0.05) is 36.4 Å². The lowest BCUT2D eigenvalue weighted by Crippen LogP contribution is -2.50. The van der Waals surface area contributed by atoms with Crippen LogP contribution in [0.5, 0.6) is 0 Å². The zero-order valence-corrected chi connectivity index (χ0v) is 18.8. The van der Waals surface area contributed by atoms with Gasteiger partial charge in [0, 0.05) is 30.9 Å². The lowest BCUT2D eigenvalue weighted by Gasteiger charge is -2.41. The molecular weight excluding hydrogens is 418 g/mol. The number of piperidine rings is 1. The van der Waals surface area contributed by atoms with E-state index in [0.717, 1.165) is 16.2 Å². The maximum Gasteiger partial charge on any atom is 0.325 e. The number of carbonyl (C=O) groups excluding carboxylic acids is 3. The average molecular weight is 446 g/mol. The topological polar surface area (TPSA) is 87.0 Å². The molecule has 1 N–H and O–H groups in total. The van der Waals surface area contributed by atoms with Crippen molar-refractivity contribution in [1.29, 1.82) is 0 Å². The minimum absolute atomic E-state index is 0.215. The fourth-order valence-electron chi connectivity index (χ4n) is 4.95. The number of carbonyl (C=O) groups is 3. The number of rotatable bonds is 4. The summed E-state index contributed by atoms with van der Waals surface area (Å²) in [4.78, 5) is 45.4. The Morgan fingerprint density at radius 1 is 1.03 bits per heavy atom. The van der Waals surface area contributed by atoms with Gasteiger partial charge in [-0.25, -0.2) is 9.78 Å². The van der Waals surface area contributed by atoms with Crippen molar-refractivity contribution in [2.75, 3.05) is 19.6 Å². The van der Waals surface area contributed by atoms with Crippen LogP contribution in [0.1, 0.15) is 37.9 Å². The molecule has 0 spiro atoms. The Kier molecular flexibility index (Phi) is 4.96. The van der Waals surface area contributed by atoms with Crippen LogP contribution in [0, 0.1) is 0 Å². The highest BCUT2D eigenvalue weighted by molar-refractivity contribution is 6.08. The third-order valence-corrected chi connectivity index (χ3v) is 6.89.